The molecule has 1 aliphatic carbocycles. The van der Waals surface area contributed by atoms with Gasteiger partial charge in [0.1, 0.15) is 0 Å². The van der Waals surface area contributed by atoms with Gasteiger partial charge in [-0.05, 0) is 31.3 Å². The molecule has 0 bridgehead atoms. The highest BCUT2D eigenvalue weighted by Gasteiger charge is 2.32. The summed E-state index contributed by atoms with van der Waals surface area (Å²) in [6, 6.07) is 0. The second-order valence-electron chi connectivity index (χ2n) is 4.11. The summed E-state index contributed by atoms with van der Waals surface area (Å²) in [5.74, 6) is 1.63. The first-order chi connectivity index (χ1) is 5.46. The summed E-state index contributed by atoms with van der Waals surface area (Å²) >= 11 is 0. The molecule has 1 rings (SSSR count). The maximum Gasteiger partial charge on any atom is 0.161 e. The summed E-state index contributed by atoms with van der Waals surface area (Å²) in [4.78, 5) is 11.6. The molecule has 1 heteroatoms. The fourth-order valence-corrected chi connectivity index (χ4v) is 1.94. The molecule has 0 aromatic heterocycles. The number of carbonyl (C=O) groups is 1. The van der Waals surface area contributed by atoms with Crippen LogP contribution in [0.2, 0.25) is 0 Å². The van der Waals surface area contributed by atoms with Crippen LogP contribution in [0.4, 0.5) is 0 Å². The van der Waals surface area contributed by atoms with Gasteiger partial charge in [-0.2, -0.15) is 0 Å². The standard InChI is InChI=1S/C11H18O/c1-6-7(2)9(4)11(12)10(5)8(6)3/h6-7,9H,1-5H3. The van der Waals surface area contributed by atoms with Crippen molar-refractivity contribution in [3.63, 3.8) is 0 Å². The molecule has 3 atom stereocenters. The predicted octanol–water partition coefficient (Wildman–Crippen LogP) is 2.81. The van der Waals surface area contributed by atoms with E-state index < -0.39 is 0 Å². The third-order valence-electron chi connectivity index (χ3n) is 3.64. The maximum atomic E-state index is 11.6. The summed E-state index contributed by atoms with van der Waals surface area (Å²) in [6.07, 6.45) is 0. The lowest BCUT2D eigenvalue weighted by Gasteiger charge is -2.32. The quantitative estimate of drug-likeness (QED) is 0.541. The van der Waals surface area contributed by atoms with E-state index in [1.807, 2.05) is 13.8 Å². The Hall–Kier alpha value is -0.590. The van der Waals surface area contributed by atoms with Crippen molar-refractivity contribution in [2.24, 2.45) is 17.8 Å². The van der Waals surface area contributed by atoms with Crippen molar-refractivity contribution in [1.82, 2.24) is 0 Å². The van der Waals surface area contributed by atoms with Crippen molar-refractivity contribution < 1.29 is 4.79 Å². The van der Waals surface area contributed by atoms with E-state index in [0.29, 0.717) is 17.6 Å². The topological polar surface area (TPSA) is 17.1 Å². The van der Waals surface area contributed by atoms with Gasteiger partial charge in [0.05, 0.1) is 0 Å². The monoisotopic (exact) mass is 166 g/mol. The molecule has 0 aromatic carbocycles. The molecule has 0 aliphatic heterocycles. The van der Waals surface area contributed by atoms with Crippen LogP contribution in [-0.2, 0) is 4.79 Å². The number of hydrogen-bond acceptors (Lipinski definition) is 1. The van der Waals surface area contributed by atoms with Crippen LogP contribution < -0.4 is 0 Å². The second-order valence-corrected chi connectivity index (χ2v) is 4.11. The summed E-state index contributed by atoms with van der Waals surface area (Å²) in [6.45, 7) is 10.5. The Morgan fingerprint density at radius 1 is 1.00 bits per heavy atom. The van der Waals surface area contributed by atoms with E-state index in [0.717, 1.165) is 5.57 Å². The third-order valence-corrected chi connectivity index (χ3v) is 3.64. The minimum Gasteiger partial charge on any atom is -0.294 e. The lowest BCUT2D eigenvalue weighted by molar-refractivity contribution is -0.121. The number of hydrogen-bond donors (Lipinski definition) is 0. The minimum absolute atomic E-state index is 0.212. The molecular formula is C11H18O. The van der Waals surface area contributed by atoms with Crippen molar-refractivity contribution in [3.05, 3.63) is 11.1 Å². The van der Waals surface area contributed by atoms with Crippen LogP contribution in [0.5, 0.6) is 0 Å². The smallest absolute Gasteiger partial charge is 0.161 e. The first kappa shape index (κ1) is 9.50. The molecule has 0 aromatic rings. The van der Waals surface area contributed by atoms with E-state index in [9.17, 15) is 4.79 Å². The lowest BCUT2D eigenvalue weighted by Crippen LogP contribution is -2.31. The van der Waals surface area contributed by atoms with Gasteiger partial charge in [-0.3, -0.25) is 4.79 Å². The van der Waals surface area contributed by atoms with E-state index in [4.69, 9.17) is 0 Å². The molecule has 0 spiro atoms. The Morgan fingerprint density at radius 3 is 2.00 bits per heavy atom. The van der Waals surface area contributed by atoms with Crippen molar-refractivity contribution in [2.45, 2.75) is 34.6 Å². The number of allylic oxidation sites excluding steroid dienone is 2. The van der Waals surface area contributed by atoms with Crippen LogP contribution in [0, 0.1) is 17.8 Å². The summed E-state index contributed by atoms with van der Waals surface area (Å²) in [5, 5.41) is 0. The van der Waals surface area contributed by atoms with Crippen molar-refractivity contribution in [2.75, 3.05) is 0 Å². The molecule has 0 fully saturated rings. The highest BCUT2D eigenvalue weighted by atomic mass is 16.1. The van der Waals surface area contributed by atoms with Gasteiger partial charge in [0, 0.05) is 5.92 Å². The average molecular weight is 166 g/mol. The zero-order valence-corrected chi connectivity index (χ0v) is 8.64. The Labute approximate surface area is 74.9 Å². The zero-order valence-electron chi connectivity index (χ0n) is 8.64. The van der Waals surface area contributed by atoms with Gasteiger partial charge in [-0.1, -0.05) is 26.3 Å². The molecule has 0 saturated carbocycles. The molecule has 0 radical (unpaired) electrons. The van der Waals surface area contributed by atoms with Crippen molar-refractivity contribution in [3.8, 4) is 0 Å². The molecule has 0 heterocycles. The van der Waals surface area contributed by atoms with Gasteiger partial charge in [-0.15, -0.1) is 0 Å². The molecule has 1 aliphatic rings. The largest absolute Gasteiger partial charge is 0.294 e. The van der Waals surface area contributed by atoms with Crippen molar-refractivity contribution in [1.29, 1.82) is 0 Å². The first-order valence-corrected chi connectivity index (χ1v) is 4.68. The zero-order chi connectivity index (χ0) is 9.46. The van der Waals surface area contributed by atoms with Gasteiger partial charge >= 0.3 is 0 Å². The first-order valence-electron chi connectivity index (χ1n) is 4.68. The maximum absolute atomic E-state index is 11.6. The van der Waals surface area contributed by atoms with Gasteiger partial charge in [-0.25, -0.2) is 0 Å². The molecule has 0 saturated heterocycles. The number of Topliss-reactive ketones (excluding diaryl/α,β-unsaturated/α-hetero) is 1. The van der Waals surface area contributed by atoms with Crippen LogP contribution in [-0.4, -0.2) is 5.78 Å². The summed E-state index contributed by atoms with van der Waals surface area (Å²) < 4.78 is 0. The van der Waals surface area contributed by atoms with Crippen LogP contribution in [0.1, 0.15) is 34.6 Å². The molecule has 0 amide bonds. The third kappa shape index (κ3) is 1.21. The fourth-order valence-electron chi connectivity index (χ4n) is 1.94. The van der Waals surface area contributed by atoms with Gasteiger partial charge < -0.3 is 0 Å². The second kappa shape index (κ2) is 3.04. The van der Waals surface area contributed by atoms with E-state index >= 15 is 0 Å². The molecule has 12 heavy (non-hydrogen) atoms. The van der Waals surface area contributed by atoms with Crippen LogP contribution in [0.25, 0.3) is 0 Å². The van der Waals surface area contributed by atoms with Crippen molar-refractivity contribution >= 4 is 5.78 Å². The van der Waals surface area contributed by atoms with E-state index in [-0.39, 0.29) is 5.92 Å². The Bertz CT molecular complexity index is 237. The average Bonchev–Trinajstić information content (AvgIpc) is 2.08. The van der Waals surface area contributed by atoms with E-state index in [1.54, 1.807) is 0 Å². The van der Waals surface area contributed by atoms with Gasteiger partial charge in [0.15, 0.2) is 5.78 Å². The lowest BCUT2D eigenvalue weighted by atomic mass is 9.71. The van der Waals surface area contributed by atoms with E-state index in [1.165, 1.54) is 5.57 Å². The predicted molar refractivity (Wildman–Crippen MR) is 50.9 cm³/mol. The molecule has 68 valence electrons. The van der Waals surface area contributed by atoms with Gasteiger partial charge in [0.25, 0.3) is 0 Å². The molecular weight excluding hydrogens is 148 g/mol. The summed E-state index contributed by atoms with van der Waals surface area (Å²) in [5.41, 5.74) is 2.28. The summed E-state index contributed by atoms with van der Waals surface area (Å²) in [7, 11) is 0. The Balaban J connectivity index is 3.08. The SMILES string of the molecule is CC1=C(C)C(C)C(C)C(C)C1=O. The highest BCUT2D eigenvalue weighted by molar-refractivity contribution is 5.98. The van der Waals surface area contributed by atoms with E-state index in [2.05, 4.69) is 20.8 Å². The van der Waals surface area contributed by atoms with Crippen LogP contribution >= 0.6 is 0 Å². The van der Waals surface area contributed by atoms with Gasteiger partial charge in [0.2, 0.25) is 0 Å². The fraction of sp³-hybridized carbons (Fsp3) is 0.727. The normalized spacial score (nSPS) is 37.4. The number of carbonyl (C=O) groups excluding carboxylic acids is 1. The minimum atomic E-state index is 0.212. The Morgan fingerprint density at radius 2 is 1.50 bits per heavy atom. The molecule has 1 nitrogen and oxygen atoms in total. The molecule has 0 N–H and O–H groups in total. The Kier molecular flexibility index (Phi) is 2.41. The van der Waals surface area contributed by atoms with Crippen LogP contribution in [0.15, 0.2) is 11.1 Å². The van der Waals surface area contributed by atoms with Crippen LogP contribution in [0.3, 0.4) is 0 Å². The highest BCUT2D eigenvalue weighted by Crippen LogP contribution is 2.35. The number of ketones is 1. The number of rotatable bonds is 0. The molecule has 3 unspecified atom stereocenters.